The lowest BCUT2D eigenvalue weighted by molar-refractivity contribution is -0.165. The predicted octanol–water partition coefficient (Wildman–Crippen LogP) is 1.50. The van der Waals surface area contributed by atoms with Crippen LogP contribution in [0, 0.1) is 13.8 Å². The minimum Gasteiger partial charge on any atom is -0.467 e. The smallest absolute Gasteiger partial charge is 0.340 e. The number of benzene rings is 2. The SMILES string of the molecule is COC(=O)[C@H](OS(=O)(=O)c1ccc(C)cc1)[C@@H](OS(=O)(=O)c1ccc(C)cc1)C(=O)OC. The highest BCUT2D eigenvalue weighted by Gasteiger charge is 2.44. The third-order valence-corrected chi connectivity index (χ3v) is 6.84. The van der Waals surface area contributed by atoms with Gasteiger partial charge in [-0.25, -0.2) is 18.0 Å². The molecule has 0 aliphatic heterocycles. The van der Waals surface area contributed by atoms with E-state index in [0.717, 1.165) is 25.3 Å². The quantitative estimate of drug-likeness (QED) is 0.378. The lowest BCUT2D eigenvalue weighted by atomic mass is 10.2. The lowest BCUT2D eigenvalue weighted by Crippen LogP contribution is -2.46. The second-order valence-electron chi connectivity index (χ2n) is 6.61. The molecule has 0 heterocycles. The van der Waals surface area contributed by atoms with Gasteiger partial charge in [-0.2, -0.15) is 16.8 Å². The van der Waals surface area contributed by atoms with E-state index in [0.29, 0.717) is 0 Å². The van der Waals surface area contributed by atoms with Crippen LogP contribution in [0.2, 0.25) is 0 Å². The Morgan fingerprint density at radius 1 is 0.625 bits per heavy atom. The van der Waals surface area contributed by atoms with Crippen molar-refractivity contribution in [2.24, 2.45) is 0 Å². The summed E-state index contributed by atoms with van der Waals surface area (Å²) in [7, 11) is -7.45. The fourth-order valence-electron chi connectivity index (χ4n) is 2.45. The monoisotopic (exact) mass is 486 g/mol. The fourth-order valence-corrected chi connectivity index (χ4v) is 4.52. The van der Waals surface area contributed by atoms with Crippen LogP contribution in [0.15, 0.2) is 58.3 Å². The maximum Gasteiger partial charge on any atom is 0.340 e. The van der Waals surface area contributed by atoms with Crippen molar-refractivity contribution in [3.05, 3.63) is 59.7 Å². The Morgan fingerprint density at radius 2 is 0.906 bits per heavy atom. The molecule has 2 aromatic carbocycles. The maximum absolute atomic E-state index is 12.7. The fraction of sp³-hybridized carbons (Fsp3) is 0.300. The minimum atomic E-state index is -4.63. The first-order valence-electron chi connectivity index (χ1n) is 9.07. The molecule has 0 aliphatic carbocycles. The van der Waals surface area contributed by atoms with Crippen molar-refractivity contribution >= 4 is 32.2 Å². The van der Waals surface area contributed by atoms with Crippen LogP contribution < -0.4 is 0 Å². The number of methoxy groups -OCH3 is 2. The average Bonchev–Trinajstić information content (AvgIpc) is 2.75. The predicted molar refractivity (Wildman–Crippen MR) is 111 cm³/mol. The van der Waals surface area contributed by atoms with Gasteiger partial charge in [-0.3, -0.25) is 0 Å². The Hall–Kier alpha value is -2.80. The van der Waals surface area contributed by atoms with E-state index in [1.54, 1.807) is 13.8 Å². The van der Waals surface area contributed by atoms with Crippen molar-refractivity contribution in [1.29, 1.82) is 0 Å². The normalized spacial score (nSPS) is 13.8. The van der Waals surface area contributed by atoms with Gasteiger partial charge < -0.3 is 9.47 Å². The van der Waals surface area contributed by atoms with Gasteiger partial charge in [0.05, 0.1) is 24.0 Å². The Bertz CT molecular complexity index is 1070. The summed E-state index contributed by atoms with van der Waals surface area (Å²) < 4.78 is 69.5. The van der Waals surface area contributed by atoms with Gasteiger partial charge in [-0.05, 0) is 38.1 Å². The Labute approximate surface area is 186 Å². The molecular formula is C20H22O10S2. The van der Waals surface area contributed by atoms with E-state index in [2.05, 4.69) is 9.47 Å². The van der Waals surface area contributed by atoms with Crippen LogP contribution in [-0.2, 0) is 47.7 Å². The molecule has 0 fully saturated rings. The van der Waals surface area contributed by atoms with E-state index < -0.39 is 44.4 Å². The van der Waals surface area contributed by atoms with Gasteiger partial charge in [-0.15, -0.1) is 0 Å². The van der Waals surface area contributed by atoms with Gasteiger partial charge in [0.25, 0.3) is 20.2 Å². The van der Waals surface area contributed by atoms with Crippen molar-refractivity contribution in [3.63, 3.8) is 0 Å². The van der Waals surface area contributed by atoms with Gasteiger partial charge >= 0.3 is 11.9 Å². The summed E-state index contributed by atoms with van der Waals surface area (Å²) in [5.74, 6) is -2.73. The molecule has 2 rings (SSSR count). The number of rotatable bonds is 9. The number of hydrogen-bond acceptors (Lipinski definition) is 10. The highest BCUT2D eigenvalue weighted by molar-refractivity contribution is 7.87. The molecule has 0 N–H and O–H groups in total. The van der Waals surface area contributed by atoms with Crippen LogP contribution in [0.1, 0.15) is 11.1 Å². The molecule has 0 saturated carbocycles. The zero-order valence-electron chi connectivity index (χ0n) is 17.7. The summed E-state index contributed by atoms with van der Waals surface area (Å²) in [5, 5.41) is 0. The summed E-state index contributed by atoms with van der Waals surface area (Å²) in [6.45, 7) is 3.46. The van der Waals surface area contributed by atoms with Gasteiger partial charge in [0.15, 0.2) is 0 Å². The first kappa shape index (κ1) is 25.5. The van der Waals surface area contributed by atoms with Crippen LogP contribution in [0.3, 0.4) is 0 Å². The molecule has 0 spiro atoms. The number of carbonyl (C=O) groups is 2. The molecule has 10 nitrogen and oxygen atoms in total. The Balaban J connectivity index is 2.47. The van der Waals surface area contributed by atoms with Gasteiger partial charge in [-0.1, -0.05) is 35.4 Å². The van der Waals surface area contributed by atoms with Gasteiger partial charge in [0, 0.05) is 0 Å². The standard InChI is InChI=1S/C20H22O10S2/c1-13-5-9-15(10-6-13)31(23,24)29-17(19(21)27-3)18(20(22)28-4)30-32(25,26)16-11-7-14(2)8-12-16/h5-12,17-18H,1-4H3/t17-,18-/m1/s1. The highest BCUT2D eigenvalue weighted by atomic mass is 32.2. The number of esters is 2. The van der Waals surface area contributed by atoms with E-state index >= 15 is 0 Å². The molecule has 32 heavy (non-hydrogen) atoms. The van der Waals surface area contributed by atoms with Crippen molar-refractivity contribution in [2.45, 2.75) is 35.8 Å². The van der Waals surface area contributed by atoms with Crippen LogP contribution in [0.4, 0.5) is 0 Å². The Morgan fingerprint density at radius 3 is 1.16 bits per heavy atom. The van der Waals surface area contributed by atoms with E-state index in [1.165, 1.54) is 48.5 Å². The summed E-state index contributed by atoms with van der Waals surface area (Å²) in [6, 6.07) is 10.8. The molecule has 0 radical (unpaired) electrons. The number of hydrogen-bond donors (Lipinski definition) is 0. The first-order valence-corrected chi connectivity index (χ1v) is 11.9. The molecule has 2 atom stereocenters. The van der Waals surface area contributed by atoms with Crippen molar-refractivity contribution < 1.29 is 44.3 Å². The Kier molecular flexibility index (Phi) is 8.13. The van der Waals surface area contributed by atoms with Crippen molar-refractivity contribution in [2.75, 3.05) is 14.2 Å². The van der Waals surface area contributed by atoms with E-state index in [-0.39, 0.29) is 9.79 Å². The third-order valence-electron chi connectivity index (χ3n) is 4.22. The van der Waals surface area contributed by atoms with Gasteiger partial charge in [0.2, 0.25) is 12.2 Å². The summed E-state index contributed by atoms with van der Waals surface area (Å²) in [5.41, 5.74) is 1.52. The van der Waals surface area contributed by atoms with Crippen LogP contribution in [0.25, 0.3) is 0 Å². The lowest BCUT2D eigenvalue weighted by Gasteiger charge is -2.22. The number of ether oxygens (including phenoxy) is 2. The van der Waals surface area contributed by atoms with Crippen LogP contribution >= 0.6 is 0 Å². The van der Waals surface area contributed by atoms with E-state index in [1.807, 2.05) is 0 Å². The molecule has 174 valence electrons. The molecule has 0 bridgehead atoms. The number of aryl methyl sites for hydroxylation is 2. The minimum absolute atomic E-state index is 0.331. The molecule has 0 aromatic heterocycles. The zero-order chi connectivity index (χ0) is 24.1. The maximum atomic E-state index is 12.7. The van der Waals surface area contributed by atoms with E-state index in [9.17, 15) is 26.4 Å². The summed E-state index contributed by atoms with van der Waals surface area (Å²) >= 11 is 0. The largest absolute Gasteiger partial charge is 0.467 e. The second kappa shape index (κ2) is 10.2. The summed E-state index contributed by atoms with van der Waals surface area (Å²) in [6.07, 6.45) is -4.61. The second-order valence-corrected chi connectivity index (χ2v) is 9.76. The molecule has 0 saturated heterocycles. The molecule has 12 heteroatoms. The first-order chi connectivity index (χ1) is 14.9. The molecular weight excluding hydrogens is 464 g/mol. The van der Waals surface area contributed by atoms with Crippen LogP contribution in [-0.4, -0.2) is 55.2 Å². The topological polar surface area (TPSA) is 139 Å². The number of carbonyl (C=O) groups excluding carboxylic acids is 2. The molecule has 0 amide bonds. The summed E-state index contributed by atoms with van der Waals surface area (Å²) in [4.78, 5) is 24.0. The van der Waals surface area contributed by atoms with Crippen molar-refractivity contribution in [3.8, 4) is 0 Å². The van der Waals surface area contributed by atoms with E-state index in [4.69, 9.17) is 8.37 Å². The van der Waals surface area contributed by atoms with Crippen LogP contribution in [0.5, 0.6) is 0 Å². The highest BCUT2D eigenvalue weighted by Crippen LogP contribution is 2.23. The third kappa shape index (κ3) is 6.13. The van der Waals surface area contributed by atoms with Gasteiger partial charge in [0.1, 0.15) is 0 Å². The van der Waals surface area contributed by atoms with Crippen molar-refractivity contribution in [1.82, 2.24) is 0 Å². The molecule has 0 unspecified atom stereocenters. The molecule has 0 aliphatic rings. The molecule has 2 aromatic rings. The average molecular weight is 487 g/mol. The zero-order valence-corrected chi connectivity index (χ0v) is 19.3.